The van der Waals surface area contributed by atoms with Gasteiger partial charge in [-0.1, -0.05) is 0 Å². The van der Waals surface area contributed by atoms with E-state index in [0.29, 0.717) is 12.8 Å². The lowest BCUT2D eigenvalue weighted by molar-refractivity contribution is -0.125. The number of amides is 1. The van der Waals surface area contributed by atoms with Crippen LogP contribution in [0.25, 0.3) is 0 Å². The maximum Gasteiger partial charge on any atom is 0.371 e. The van der Waals surface area contributed by atoms with Gasteiger partial charge in [-0.05, 0) is 44.2 Å². The molecule has 26 heavy (non-hydrogen) atoms. The van der Waals surface area contributed by atoms with Crippen LogP contribution >= 0.6 is 0 Å². The molecule has 9 nitrogen and oxygen atoms in total. The van der Waals surface area contributed by atoms with Crippen molar-refractivity contribution in [3.05, 3.63) is 17.9 Å². The fraction of sp³-hybridized carbons (Fsp3) is 0.625. The van der Waals surface area contributed by atoms with Crippen molar-refractivity contribution in [1.82, 2.24) is 9.62 Å². The van der Waals surface area contributed by atoms with E-state index in [4.69, 9.17) is 14.3 Å². The Morgan fingerprint density at radius 3 is 2.65 bits per heavy atom. The number of carboxylic acids is 1. The van der Waals surface area contributed by atoms with Gasteiger partial charge in [-0.3, -0.25) is 4.79 Å². The molecule has 3 aliphatic rings. The van der Waals surface area contributed by atoms with E-state index in [2.05, 4.69) is 5.32 Å². The molecule has 0 spiro atoms. The van der Waals surface area contributed by atoms with Crippen LogP contribution in [0.2, 0.25) is 0 Å². The molecule has 3 aliphatic heterocycles. The normalized spacial score (nSPS) is 31.4. The molecule has 4 unspecified atom stereocenters. The average molecular weight is 384 g/mol. The van der Waals surface area contributed by atoms with E-state index >= 15 is 0 Å². The number of fused-ring (bicyclic) bond motifs is 2. The largest absolute Gasteiger partial charge is 0.475 e. The summed E-state index contributed by atoms with van der Waals surface area (Å²) in [4.78, 5) is 23.6. The molecule has 0 saturated carbocycles. The van der Waals surface area contributed by atoms with Gasteiger partial charge in [0, 0.05) is 6.54 Å². The number of rotatable bonds is 5. The standard InChI is InChI=1S/C16H20N2O7S/c19-15(17-10-8-9-3-4-12(10)24-9)11-2-1-7-18(11)26(22,23)14-6-5-13(25-14)16(20)21/h5-6,9-12H,1-4,7-8H2,(H,17,19)(H,20,21). The minimum atomic E-state index is -4.08. The molecule has 0 aromatic carbocycles. The summed E-state index contributed by atoms with van der Waals surface area (Å²) < 4.78 is 37.3. The van der Waals surface area contributed by atoms with Crippen LogP contribution in [0.15, 0.2) is 21.6 Å². The summed E-state index contributed by atoms with van der Waals surface area (Å²) in [6.45, 7) is 0.191. The predicted molar refractivity (Wildman–Crippen MR) is 87.0 cm³/mol. The van der Waals surface area contributed by atoms with Crippen LogP contribution in [-0.2, 0) is 19.6 Å². The first-order chi connectivity index (χ1) is 12.4. The first-order valence-electron chi connectivity index (χ1n) is 8.67. The Hall–Kier alpha value is -1.91. The molecule has 4 rings (SSSR count). The Morgan fingerprint density at radius 1 is 1.23 bits per heavy atom. The Kier molecular flexibility index (Phi) is 4.28. The van der Waals surface area contributed by atoms with Gasteiger partial charge in [-0.2, -0.15) is 4.31 Å². The number of nitrogens with zero attached hydrogens (tertiary/aromatic N) is 1. The number of sulfonamides is 1. The summed E-state index contributed by atoms with van der Waals surface area (Å²) in [5.41, 5.74) is 0. The van der Waals surface area contributed by atoms with E-state index in [9.17, 15) is 18.0 Å². The molecule has 4 atom stereocenters. The monoisotopic (exact) mass is 384 g/mol. The van der Waals surface area contributed by atoms with Gasteiger partial charge in [-0.15, -0.1) is 0 Å². The van der Waals surface area contributed by atoms with E-state index in [1.165, 1.54) is 0 Å². The fourth-order valence-electron chi connectivity index (χ4n) is 4.05. The van der Waals surface area contributed by atoms with Crippen LogP contribution in [0, 0.1) is 0 Å². The first kappa shape index (κ1) is 17.5. The molecular weight excluding hydrogens is 364 g/mol. The van der Waals surface area contributed by atoms with Crippen LogP contribution in [0.4, 0.5) is 0 Å². The van der Waals surface area contributed by atoms with E-state index in [1.54, 1.807) is 0 Å². The van der Waals surface area contributed by atoms with Gasteiger partial charge in [0.1, 0.15) is 6.04 Å². The van der Waals surface area contributed by atoms with E-state index in [-0.39, 0.29) is 30.7 Å². The fourth-order valence-corrected chi connectivity index (χ4v) is 5.62. The van der Waals surface area contributed by atoms with Crippen molar-refractivity contribution in [3.8, 4) is 0 Å². The number of nitrogens with one attached hydrogen (secondary N) is 1. The number of furan rings is 1. The van der Waals surface area contributed by atoms with Crippen molar-refractivity contribution in [1.29, 1.82) is 0 Å². The van der Waals surface area contributed by atoms with Gasteiger partial charge >= 0.3 is 5.97 Å². The number of carbonyl (C=O) groups is 2. The topological polar surface area (TPSA) is 126 Å². The van der Waals surface area contributed by atoms with Crippen molar-refractivity contribution >= 4 is 21.9 Å². The summed E-state index contributed by atoms with van der Waals surface area (Å²) in [6, 6.07) is 1.30. The van der Waals surface area contributed by atoms with Crippen LogP contribution in [0.3, 0.4) is 0 Å². The minimum absolute atomic E-state index is 0.0126. The highest BCUT2D eigenvalue weighted by molar-refractivity contribution is 7.89. The lowest BCUT2D eigenvalue weighted by Gasteiger charge is -2.26. The quantitative estimate of drug-likeness (QED) is 0.760. The van der Waals surface area contributed by atoms with E-state index in [0.717, 1.165) is 35.7 Å². The summed E-state index contributed by atoms with van der Waals surface area (Å²) in [7, 11) is -4.08. The molecule has 1 aromatic heterocycles. The van der Waals surface area contributed by atoms with Crippen molar-refractivity contribution in [2.75, 3.05) is 6.54 Å². The summed E-state index contributed by atoms with van der Waals surface area (Å²) in [6.07, 6.45) is 3.84. The maximum atomic E-state index is 12.8. The highest BCUT2D eigenvalue weighted by atomic mass is 32.2. The van der Waals surface area contributed by atoms with Crippen LogP contribution in [-0.4, -0.2) is 60.5 Å². The van der Waals surface area contributed by atoms with Crippen molar-refractivity contribution in [3.63, 3.8) is 0 Å². The van der Waals surface area contributed by atoms with E-state index in [1.807, 2.05) is 0 Å². The lowest BCUT2D eigenvalue weighted by atomic mass is 9.95. The highest BCUT2D eigenvalue weighted by Gasteiger charge is 2.45. The Labute approximate surface area is 150 Å². The zero-order valence-corrected chi connectivity index (χ0v) is 14.8. The second-order valence-corrected chi connectivity index (χ2v) is 8.74. The second kappa shape index (κ2) is 6.36. The molecular formula is C16H20N2O7S. The van der Waals surface area contributed by atoms with Crippen LogP contribution in [0.5, 0.6) is 0 Å². The molecule has 1 amide bonds. The van der Waals surface area contributed by atoms with Gasteiger partial charge in [0.15, 0.2) is 0 Å². The van der Waals surface area contributed by atoms with Gasteiger partial charge in [0.2, 0.25) is 16.8 Å². The Balaban J connectivity index is 1.50. The number of aromatic carboxylic acids is 1. The molecule has 3 fully saturated rings. The zero-order valence-electron chi connectivity index (χ0n) is 14.0. The van der Waals surface area contributed by atoms with Crippen molar-refractivity contribution in [2.45, 2.75) is 61.5 Å². The molecule has 0 radical (unpaired) electrons. The maximum absolute atomic E-state index is 12.8. The van der Waals surface area contributed by atoms with Gasteiger partial charge in [0.25, 0.3) is 10.0 Å². The first-order valence-corrected chi connectivity index (χ1v) is 10.1. The number of ether oxygens (including phenoxy) is 1. The summed E-state index contributed by atoms with van der Waals surface area (Å²) in [5, 5.41) is 11.4. The third-order valence-electron chi connectivity index (χ3n) is 5.30. The molecule has 1 aromatic rings. The number of hydrogen-bond acceptors (Lipinski definition) is 6. The Bertz CT molecular complexity index is 833. The number of carbonyl (C=O) groups excluding carboxylic acids is 1. The van der Waals surface area contributed by atoms with Gasteiger partial charge in [0.05, 0.1) is 18.2 Å². The minimum Gasteiger partial charge on any atom is -0.475 e. The van der Waals surface area contributed by atoms with E-state index < -0.39 is 32.9 Å². The molecule has 0 aliphatic carbocycles. The molecule has 2 bridgehead atoms. The smallest absolute Gasteiger partial charge is 0.371 e. The molecule has 10 heteroatoms. The number of hydrogen-bond donors (Lipinski definition) is 2. The molecule has 2 N–H and O–H groups in total. The Morgan fingerprint density at radius 2 is 2.04 bits per heavy atom. The lowest BCUT2D eigenvalue weighted by Crippen LogP contribution is -2.50. The predicted octanol–water partition coefficient (Wildman–Crippen LogP) is 0.567. The van der Waals surface area contributed by atoms with Gasteiger partial charge < -0.3 is 19.6 Å². The van der Waals surface area contributed by atoms with Crippen LogP contribution in [0.1, 0.15) is 42.7 Å². The zero-order chi connectivity index (χ0) is 18.5. The van der Waals surface area contributed by atoms with Crippen molar-refractivity contribution in [2.24, 2.45) is 0 Å². The summed E-state index contributed by atoms with van der Waals surface area (Å²) >= 11 is 0. The second-order valence-electron chi connectivity index (χ2n) is 6.92. The third-order valence-corrected chi connectivity index (χ3v) is 7.08. The SMILES string of the molecule is O=C(O)c1ccc(S(=O)(=O)N2CCCC2C(=O)NC2CC3CCC2O3)o1. The molecule has 3 saturated heterocycles. The highest BCUT2D eigenvalue weighted by Crippen LogP contribution is 2.35. The third kappa shape index (κ3) is 2.91. The summed E-state index contributed by atoms with van der Waals surface area (Å²) in [5.74, 6) is -2.14. The number of carboxylic acid groups (broad SMARTS) is 1. The molecule has 4 heterocycles. The van der Waals surface area contributed by atoms with Crippen molar-refractivity contribution < 1.29 is 32.3 Å². The average Bonchev–Trinajstić information content (AvgIpc) is 3.36. The van der Waals surface area contributed by atoms with Crippen LogP contribution < -0.4 is 5.32 Å². The van der Waals surface area contributed by atoms with Gasteiger partial charge in [-0.25, -0.2) is 13.2 Å². The molecule has 142 valence electrons.